The molecule has 0 saturated carbocycles. The van der Waals surface area contributed by atoms with E-state index in [1.54, 1.807) is 6.07 Å². The summed E-state index contributed by atoms with van der Waals surface area (Å²) < 4.78 is 18.9. The first kappa shape index (κ1) is 12.9. The zero-order valence-electron chi connectivity index (χ0n) is 10.7. The molecular weight excluding hydrogens is 275 g/mol. The topological polar surface area (TPSA) is 100 Å². The zero-order chi connectivity index (χ0) is 14.7. The Hall–Kier alpha value is -3.08. The van der Waals surface area contributed by atoms with Crippen molar-refractivity contribution in [1.29, 1.82) is 5.26 Å². The molecule has 0 atom stereocenters. The van der Waals surface area contributed by atoms with Crippen LogP contribution in [0, 0.1) is 17.1 Å². The Morgan fingerprint density at radius 1 is 1.29 bits per heavy atom. The molecule has 0 amide bonds. The molecule has 0 radical (unpaired) electrons. The number of aromatic amines is 1. The van der Waals surface area contributed by atoms with Gasteiger partial charge < -0.3 is 9.72 Å². The molecular formula is C13H9FN6O. The molecule has 0 aliphatic heterocycles. The highest BCUT2D eigenvalue weighted by atomic mass is 19.1. The Labute approximate surface area is 118 Å². The van der Waals surface area contributed by atoms with E-state index < -0.39 is 5.82 Å². The Balaban J connectivity index is 1.68. The lowest BCUT2D eigenvalue weighted by Gasteiger charge is -2.05. The van der Waals surface area contributed by atoms with E-state index in [0.717, 1.165) is 0 Å². The Kier molecular flexibility index (Phi) is 3.39. The molecule has 3 aromatic heterocycles. The van der Waals surface area contributed by atoms with E-state index in [4.69, 9.17) is 10.00 Å². The van der Waals surface area contributed by atoms with Crippen LogP contribution in [-0.4, -0.2) is 31.5 Å². The first-order valence-electron chi connectivity index (χ1n) is 6.09. The van der Waals surface area contributed by atoms with Crippen LogP contribution in [0.15, 0.2) is 24.9 Å². The average molecular weight is 284 g/mol. The number of hydrogen-bond donors (Lipinski definition) is 1. The summed E-state index contributed by atoms with van der Waals surface area (Å²) in [6.07, 6.45) is 4.76. The number of ether oxygens (including phenoxy) is 1. The third-order valence-electron chi connectivity index (χ3n) is 2.82. The number of nitriles is 1. The van der Waals surface area contributed by atoms with Gasteiger partial charge in [-0.3, -0.25) is 0 Å². The van der Waals surface area contributed by atoms with Crippen LogP contribution in [0.25, 0.3) is 11.2 Å². The highest BCUT2D eigenvalue weighted by molar-refractivity contribution is 5.74. The average Bonchev–Trinajstić information content (AvgIpc) is 2.97. The fourth-order valence-corrected chi connectivity index (χ4v) is 1.81. The summed E-state index contributed by atoms with van der Waals surface area (Å²) in [7, 11) is 0. The van der Waals surface area contributed by atoms with Gasteiger partial charge in [0.05, 0.1) is 12.9 Å². The highest BCUT2D eigenvalue weighted by Crippen LogP contribution is 2.17. The maximum atomic E-state index is 13.4. The Bertz CT molecular complexity index is 825. The number of H-pyrrole nitrogens is 1. The van der Waals surface area contributed by atoms with Crippen LogP contribution in [-0.2, 0) is 6.42 Å². The van der Waals surface area contributed by atoms with Crippen LogP contribution < -0.4 is 4.74 Å². The molecule has 21 heavy (non-hydrogen) atoms. The molecule has 0 saturated heterocycles. The molecule has 3 aromatic rings. The predicted molar refractivity (Wildman–Crippen MR) is 69.8 cm³/mol. The van der Waals surface area contributed by atoms with Gasteiger partial charge in [-0.25, -0.2) is 19.3 Å². The first-order valence-corrected chi connectivity index (χ1v) is 6.09. The Morgan fingerprint density at radius 2 is 2.19 bits per heavy atom. The van der Waals surface area contributed by atoms with Crippen molar-refractivity contribution in [2.75, 3.05) is 6.61 Å². The second-order valence-electron chi connectivity index (χ2n) is 4.16. The van der Waals surface area contributed by atoms with Crippen molar-refractivity contribution in [2.24, 2.45) is 0 Å². The van der Waals surface area contributed by atoms with Crippen LogP contribution in [0.1, 0.15) is 11.3 Å². The summed E-state index contributed by atoms with van der Waals surface area (Å²) in [5, 5.41) is 8.61. The lowest BCUT2D eigenvalue weighted by atomic mass is 10.2. The quantitative estimate of drug-likeness (QED) is 0.776. The van der Waals surface area contributed by atoms with Gasteiger partial charge in [-0.15, -0.1) is 0 Å². The van der Waals surface area contributed by atoms with Gasteiger partial charge in [0.15, 0.2) is 17.2 Å². The lowest BCUT2D eigenvalue weighted by Crippen LogP contribution is -2.04. The number of aromatic nitrogens is 5. The molecule has 7 nitrogen and oxygen atoms in total. The molecule has 0 bridgehead atoms. The summed E-state index contributed by atoms with van der Waals surface area (Å²) in [5.74, 6) is -0.243. The number of pyridine rings is 1. The van der Waals surface area contributed by atoms with Crippen molar-refractivity contribution >= 4 is 11.2 Å². The van der Waals surface area contributed by atoms with Gasteiger partial charge in [0.1, 0.15) is 17.9 Å². The molecule has 0 spiro atoms. The number of nitrogens with one attached hydrogen (secondary N) is 1. The van der Waals surface area contributed by atoms with Gasteiger partial charge in [-0.2, -0.15) is 10.2 Å². The molecule has 3 rings (SSSR count). The number of nitrogens with zero attached hydrogens (tertiary/aromatic N) is 5. The number of halogens is 1. The highest BCUT2D eigenvalue weighted by Gasteiger charge is 2.08. The Morgan fingerprint density at radius 3 is 3.00 bits per heavy atom. The minimum Gasteiger partial charge on any atom is -0.476 e. The third kappa shape index (κ3) is 2.62. The molecule has 0 aromatic carbocycles. The lowest BCUT2D eigenvalue weighted by molar-refractivity contribution is 0.312. The van der Waals surface area contributed by atoms with Crippen molar-refractivity contribution in [1.82, 2.24) is 24.9 Å². The fraction of sp³-hybridized carbons (Fsp3) is 0.154. The second-order valence-corrected chi connectivity index (χ2v) is 4.16. The monoisotopic (exact) mass is 284 g/mol. The molecule has 0 fully saturated rings. The first-order chi connectivity index (χ1) is 10.3. The number of rotatable bonds is 4. The molecule has 0 aliphatic rings. The van der Waals surface area contributed by atoms with Crippen molar-refractivity contribution < 1.29 is 9.13 Å². The molecule has 3 heterocycles. The number of imidazole rings is 1. The van der Waals surface area contributed by atoms with Gasteiger partial charge in [0.2, 0.25) is 5.88 Å². The predicted octanol–water partition coefficient (Wildman–Crippen LogP) is 1.38. The van der Waals surface area contributed by atoms with Crippen molar-refractivity contribution in [2.45, 2.75) is 6.42 Å². The van der Waals surface area contributed by atoms with Crippen LogP contribution in [0.5, 0.6) is 5.88 Å². The molecule has 1 N–H and O–H groups in total. The molecule has 104 valence electrons. The fourth-order valence-electron chi connectivity index (χ4n) is 1.81. The minimum absolute atomic E-state index is 0.213. The van der Waals surface area contributed by atoms with Crippen molar-refractivity contribution in [3.8, 4) is 11.9 Å². The normalized spacial score (nSPS) is 10.5. The second kappa shape index (κ2) is 5.50. The van der Waals surface area contributed by atoms with E-state index in [1.807, 2.05) is 0 Å². The molecule has 0 aliphatic carbocycles. The van der Waals surface area contributed by atoms with Crippen LogP contribution in [0.4, 0.5) is 4.39 Å². The summed E-state index contributed by atoms with van der Waals surface area (Å²) in [5.41, 5.74) is 1.56. The largest absolute Gasteiger partial charge is 0.476 e. The zero-order valence-corrected chi connectivity index (χ0v) is 10.7. The summed E-state index contributed by atoms with van der Waals surface area (Å²) in [6, 6.07) is 2.95. The molecule has 8 heteroatoms. The van der Waals surface area contributed by atoms with E-state index in [1.165, 1.54) is 24.9 Å². The SMILES string of the molecule is N#Cc1ncc(CCOc2ncnc3nc[nH]c23)cc1F. The minimum atomic E-state index is -0.631. The van der Waals surface area contributed by atoms with Gasteiger partial charge >= 0.3 is 0 Å². The molecule has 0 unspecified atom stereocenters. The maximum Gasteiger partial charge on any atom is 0.243 e. The summed E-state index contributed by atoms with van der Waals surface area (Å²) >= 11 is 0. The van der Waals surface area contributed by atoms with Crippen LogP contribution >= 0.6 is 0 Å². The smallest absolute Gasteiger partial charge is 0.243 e. The van der Waals surface area contributed by atoms with Gasteiger partial charge in [-0.1, -0.05) is 0 Å². The van der Waals surface area contributed by atoms with Crippen LogP contribution in [0.2, 0.25) is 0 Å². The van der Waals surface area contributed by atoms with Gasteiger partial charge in [0.25, 0.3) is 0 Å². The van der Waals surface area contributed by atoms with E-state index in [2.05, 4.69) is 24.9 Å². The third-order valence-corrected chi connectivity index (χ3v) is 2.82. The van der Waals surface area contributed by atoms with Gasteiger partial charge in [0, 0.05) is 12.6 Å². The van der Waals surface area contributed by atoms with Gasteiger partial charge in [-0.05, 0) is 11.6 Å². The van der Waals surface area contributed by atoms with E-state index in [-0.39, 0.29) is 12.3 Å². The summed E-state index contributed by atoms with van der Waals surface area (Å²) in [6.45, 7) is 0.290. The summed E-state index contributed by atoms with van der Waals surface area (Å²) in [4.78, 5) is 18.6. The van der Waals surface area contributed by atoms with E-state index in [9.17, 15) is 4.39 Å². The number of fused-ring (bicyclic) bond motifs is 1. The van der Waals surface area contributed by atoms with E-state index >= 15 is 0 Å². The maximum absolute atomic E-state index is 13.4. The van der Waals surface area contributed by atoms with Crippen molar-refractivity contribution in [3.05, 3.63) is 42.0 Å². The van der Waals surface area contributed by atoms with Crippen LogP contribution in [0.3, 0.4) is 0 Å². The van der Waals surface area contributed by atoms with Crippen molar-refractivity contribution in [3.63, 3.8) is 0 Å². The number of hydrogen-bond acceptors (Lipinski definition) is 6. The standard InChI is InChI=1S/C13H9FN6O/c14-9-3-8(5-16-10(9)4-15)1-2-21-13-11-12(18-6-17-11)19-7-20-13/h3,5-7H,1-2H2,(H,17,18,19,20). The van der Waals surface area contributed by atoms with E-state index in [0.29, 0.717) is 29.0 Å².